The van der Waals surface area contributed by atoms with Gasteiger partial charge >= 0.3 is 0 Å². The summed E-state index contributed by atoms with van der Waals surface area (Å²) in [6.07, 6.45) is 1.89. The first-order chi connectivity index (χ1) is 13.0. The molecule has 0 saturated carbocycles. The zero-order valence-electron chi connectivity index (χ0n) is 16.0. The number of hydrogen-bond acceptors (Lipinski definition) is 4. The zero-order valence-corrected chi connectivity index (χ0v) is 16.8. The second kappa shape index (κ2) is 9.15. The highest BCUT2D eigenvalue weighted by molar-refractivity contribution is 7.12. The summed E-state index contributed by atoms with van der Waals surface area (Å²) in [5.41, 5.74) is 2.63. The van der Waals surface area contributed by atoms with E-state index in [1.165, 1.54) is 27.4 Å². The largest absolute Gasteiger partial charge is 0.352 e. The number of carbonyl (C=O) groups excluding carboxylic acids is 2. The van der Waals surface area contributed by atoms with Crippen molar-refractivity contribution in [2.45, 2.75) is 32.4 Å². The number of amides is 2. The number of likely N-dealkylation sites (N-methyl/N-ethyl adjacent to an activating group) is 1. The Morgan fingerprint density at radius 3 is 2.67 bits per heavy atom. The molecule has 3 rings (SSSR count). The molecule has 1 saturated heterocycles. The minimum Gasteiger partial charge on any atom is -0.352 e. The number of piperidine rings is 1. The molecule has 0 atom stereocenters. The maximum Gasteiger partial charge on any atom is 0.264 e. The van der Waals surface area contributed by atoms with Gasteiger partial charge in [-0.1, -0.05) is 35.9 Å². The lowest BCUT2D eigenvalue weighted by Gasteiger charge is -2.32. The summed E-state index contributed by atoms with van der Waals surface area (Å²) < 4.78 is 0. The van der Waals surface area contributed by atoms with Crippen molar-refractivity contribution >= 4 is 23.2 Å². The Labute approximate surface area is 165 Å². The van der Waals surface area contributed by atoms with Crippen LogP contribution in [0.25, 0.3) is 0 Å². The van der Waals surface area contributed by atoms with Crippen molar-refractivity contribution in [1.29, 1.82) is 0 Å². The molecular formula is C21H27N3O2S. The predicted octanol–water partition coefficient (Wildman–Crippen LogP) is 2.91. The number of nitrogens with one attached hydrogen (secondary N) is 1. The zero-order chi connectivity index (χ0) is 19.2. The van der Waals surface area contributed by atoms with Gasteiger partial charge in [-0.2, -0.15) is 0 Å². The molecule has 2 heterocycles. The molecule has 2 amide bonds. The Kier molecular flexibility index (Phi) is 6.63. The fourth-order valence-electron chi connectivity index (χ4n) is 3.45. The Morgan fingerprint density at radius 1 is 1.22 bits per heavy atom. The summed E-state index contributed by atoms with van der Waals surface area (Å²) in [6, 6.07) is 12.4. The fraction of sp³-hybridized carbons (Fsp3) is 0.429. The maximum atomic E-state index is 12.3. The molecule has 0 bridgehead atoms. The van der Waals surface area contributed by atoms with Crippen molar-refractivity contribution in [3.8, 4) is 0 Å². The Hall–Kier alpha value is -2.18. The standard InChI is InChI=1S/C21H27N3O2S/c1-16-5-3-6-17(13-16)14-24-10-8-18(9-11-24)22-20(25)15-23(2)21(26)19-7-4-12-27-19/h3-7,12-13,18H,8-11,14-15H2,1-2H3,(H,22,25). The van der Waals surface area contributed by atoms with E-state index in [0.717, 1.165) is 32.5 Å². The molecule has 0 unspecified atom stereocenters. The van der Waals surface area contributed by atoms with Crippen LogP contribution in [-0.2, 0) is 11.3 Å². The van der Waals surface area contributed by atoms with Crippen molar-refractivity contribution in [3.05, 3.63) is 57.8 Å². The van der Waals surface area contributed by atoms with Gasteiger partial charge in [-0.3, -0.25) is 14.5 Å². The normalized spacial score (nSPS) is 15.5. The number of rotatable bonds is 6. The summed E-state index contributed by atoms with van der Waals surface area (Å²) in [7, 11) is 1.67. The van der Waals surface area contributed by atoms with Crippen molar-refractivity contribution in [2.24, 2.45) is 0 Å². The van der Waals surface area contributed by atoms with Gasteiger partial charge in [0.15, 0.2) is 0 Å². The Morgan fingerprint density at radius 2 is 2.00 bits per heavy atom. The molecule has 0 aliphatic carbocycles. The lowest BCUT2D eigenvalue weighted by atomic mass is 10.0. The van der Waals surface area contributed by atoms with Gasteiger partial charge in [-0.05, 0) is 36.8 Å². The van der Waals surface area contributed by atoms with Gasteiger partial charge in [0, 0.05) is 32.7 Å². The van der Waals surface area contributed by atoms with Gasteiger partial charge in [0.25, 0.3) is 5.91 Å². The molecule has 1 aliphatic rings. The minimum absolute atomic E-state index is 0.0838. The van der Waals surface area contributed by atoms with E-state index in [2.05, 4.69) is 41.4 Å². The van der Waals surface area contributed by atoms with E-state index >= 15 is 0 Å². The summed E-state index contributed by atoms with van der Waals surface area (Å²) in [4.78, 5) is 29.1. The number of aryl methyl sites for hydroxylation is 1. The molecule has 6 heteroatoms. The highest BCUT2D eigenvalue weighted by Gasteiger charge is 2.22. The number of hydrogen-bond donors (Lipinski definition) is 1. The van der Waals surface area contributed by atoms with Gasteiger partial charge in [-0.25, -0.2) is 0 Å². The summed E-state index contributed by atoms with van der Waals surface area (Å²) in [6.45, 7) is 5.12. The third-order valence-corrected chi connectivity index (χ3v) is 5.76. The molecule has 0 spiro atoms. The third-order valence-electron chi connectivity index (χ3n) is 4.90. The molecular weight excluding hydrogens is 358 g/mol. The summed E-state index contributed by atoms with van der Waals surface area (Å²) in [5, 5.41) is 4.95. The lowest BCUT2D eigenvalue weighted by molar-refractivity contribution is -0.122. The molecule has 27 heavy (non-hydrogen) atoms. The van der Waals surface area contributed by atoms with E-state index < -0.39 is 0 Å². The van der Waals surface area contributed by atoms with Crippen LogP contribution in [0.1, 0.15) is 33.6 Å². The maximum absolute atomic E-state index is 12.3. The highest BCUT2D eigenvalue weighted by atomic mass is 32.1. The molecule has 2 aromatic rings. The van der Waals surface area contributed by atoms with Crippen molar-refractivity contribution in [1.82, 2.24) is 15.1 Å². The van der Waals surface area contributed by atoms with Crippen LogP contribution in [0.5, 0.6) is 0 Å². The van der Waals surface area contributed by atoms with Gasteiger partial charge in [0.2, 0.25) is 5.91 Å². The van der Waals surface area contributed by atoms with Crippen LogP contribution >= 0.6 is 11.3 Å². The minimum atomic E-state index is -0.104. The second-order valence-corrected chi connectivity index (χ2v) is 8.19. The molecule has 144 valence electrons. The van der Waals surface area contributed by atoms with E-state index in [9.17, 15) is 9.59 Å². The van der Waals surface area contributed by atoms with Crippen molar-refractivity contribution < 1.29 is 9.59 Å². The Balaban J connectivity index is 1.41. The van der Waals surface area contributed by atoms with Crippen LogP contribution in [0.15, 0.2) is 41.8 Å². The average Bonchev–Trinajstić information content (AvgIpc) is 3.17. The lowest BCUT2D eigenvalue weighted by Crippen LogP contribution is -2.47. The fourth-order valence-corrected chi connectivity index (χ4v) is 4.17. The molecule has 1 aromatic carbocycles. The van der Waals surface area contributed by atoms with E-state index in [1.54, 1.807) is 13.1 Å². The predicted molar refractivity (Wildman–Crippen MR) is 109 cm³/mol. The first-order valence-corrected chi connectivity index (χ1v) is 10.3. The number of likely N-dealkylation sites (tertiary alicyclic amines) is 1. The van der Waals surface area contributed by atoms with Gasteiger partial charge in [0.1, 0.15) is 0 Å². The van der Waals surface area contributed by atoms with E-state index in [-0.39, 0.29) is 24.4 Å². The summed E-state index contributed by atoms with van der Waals surface area (Å²) in [5.74, 6) is -0.187. The first kappa shape index (κ1) is 19.6. The average molecular weight is 386 g/mol. The summed E-state index contributed by atoms with van der Waals surface area (Å²) >= 11 is 1.40. The Bertz CT molecular complexity index is 767. The van der Waals surface area contributed by atoms with E-state index in [1.807, 2.05) is 11.4 Å². The second-order valence-electron chi connectivity index (χ2n) is 7.25. The molecule has 1 aromatic heterocycles. The van der Waals surface area contributed by atoms with Crippen molar-refractivity contribution in [3.63, 3.8) is 0 Å². The quantitative estimate of drug-likeness (QED) is 0.832. The van der Waals surface area contributed by atoms with Crippen LogP contribution in [0, 0.1) is 6.92 Å². The molecule has 1 aliphatic heterocycles. The van der Waals surface area contributed by atoms with Crippen molar-refractivity contribution in [2.75, 3.05) is 26.7 Å². The topological polar surface area (TPSA) is 52.7 Å². The van der Waals surface area contributed by atoms with E-state index in [4.69, 9.17) is 0 Å². The highest BCUT2D eigenvalue weighted by Crippen LogP contribution is 2.15. The van der Waals surface area contributed by atoms with Gasteiger partial charge in [-0.15, -0.1) is 11.3 Å². The van der Waals surface area contributed by atoms with Gasteiger partial charge < -0.3 is 10.2 Å². The first-order valence-electron chi connectivity index (χ1n) is 9.37. The van der Waals surface area contributed by atoms with Gasteiger partial charge in [0.05, 0.1) is 11.4 Å². The third kappa shape index (κ3) is 5.65. The number of benzene rings is 1. The number of carbonyl (C=O) groups is 2. The van der Waals surface area contributed by atoms with Crippen LogP contribution < -0.4 is 5.32 Å². The SMILES string of the molecule is Cc1cccc(CN2CCC(NC(=O)CN(C)C(=O)c3cccs3)CC2)c1. The van der Waals surface area contributed by atoms with Crippen LogP contribution in [0.4, 0.5) is 0 Å². The van der Waals surface area contributed by atoms with E-state index in [0.29, 0.717) is 4.88 Å². The smallest absolute Gasteiger partial charge is 0.264 e. The molecule has 1 fully saturated rings. The number of nitrogens with zero attached hydrogens (tertiary/aromatic N) is 2. The number of thiophene rings is 1. The molecule has 1 N–H and O–H groups in total. The molecule has 0 radical (unpaired) electrons. The van der Waals surface area contributed by atoms with Crippen LogP contribution in [0.3, 0.4) is 0 Å². The van der Waals surface area contributed by atoms with Crippen LogP contribution in [-0.4, -0.2) is 54.3 Å². The van der Waals surface area contributed by atoms with Crippen LogP contribution in [0.2, 0.25) is 0 Å². The monoisotopic (exact) mass is 385 g/mol. The molecule has 5 nitrogen and oxygen atoms in total.